The summed E-state index contributed by atoms with van der Waals surface area (Å²) < 4.78 is 0. The highest BCUT2D eigenvalue weighted by Crippen LogP contribution is 2.25. The minimum absolute atomic E-state index is 0.319. The molecule has 0 aromatic heterocycles. The van der Waals surface area contributed by atoms with Gasteiger partial charge in [0.25, 0.3) is 0 Å². The van der Waals surface area contributed by atoms with E-state index in [9.17, 15) is 5.11 Å². The van der Waals surface area contributed by atoms with Gasteiger partial charge in [-0.05, 0) is 36.8 Å². The molecule has 0 radical (unpaired) electrons. The fourth-order valence-corrected chi connectivity index (χ4v) is 2.93. The van der Waals surface area contributed by atoms with Crippen LogP contribution >= 0.6 is 11.8 Å². The van der Waals surface area contributed by atoms with Crippen LogP contribution in [0.15, 0.2) is 36.1 Å². The minimum Gasteiger partial charge on any atom is -0.507 e. The predicted molar refractivity (Wildman–Crippen MR) is 70.8 cm³/mol. The molecule has 1 aromatic rings. The van der Waals surface area contributed by atoms with Gasteiger partial charge < -0.3 is 5.11 Å². The molecule has 0 saturated carbocycles. The van der Waals surface area contributed by atoms with Gasteiger partial charge in [-0.2, -0.15) is 11.8 Å². The van der Waals surface area contributed by atoms with Crippen molar-refractivity contribution in [3.8, 4) is 5.75 Å². The largest absolute Gasteiger partial charge is 0.507 e. The number of thioether (sulfide) groups is 1. The molecule has 1 aromatic carbocycles. The number of phenolic OH excluding ortho intramolecular Hbond substituents is 1. The summed E-state index contributed by atoms with van der Waals surface area (Å²) in [6, 6.07) is 7.34. The van der Waals surface area contributed by atoms with Gasteiger partial charge in [0.2, 0.25) is 0 Å². The van der Waals surface area contributed by atoms with Gasteiger partial charge in [0.15, 0.2) is 0 Å². The molecule has 1 aliphatic rings. The van der Waals surface area contributed by atoms with Gasteiger partial charge >= 0.3 is 0 Å². The molecular weight excluding hydrogens is 216 g/mol. The van der Waals surface area contributed by atoms with Crippen LogP contribution in [0.5, 0.6) is 5.75 Å². The first-order chi connectivity index (χ1) is 7.86. The maximum absolute atomic E-state index is 9.56. The number of hydrogen-bond donors (Lipinski definition) is 1. The zero-order chi connectivity index (χ0) is 11.2. The van der Waals surface area contributed by atoms with Crippen LogP contribution < -0.4 is 0 Å². The molecule has 0 aliphatic carbocycles. The fraction of sp³-hybridized carbons (Fsp3) is 0.357. The summed E-state index contributed by atoms with van der Waals surface area (Å²) >= 11 is 2.00. The molecule has 2 heteroatoms. The Morgan fingerprint density at radius 1 is 1.31 bits per heavy atom. The standard InChI is InChI=1S/C14H16OS/c15-14-10-2-1-6-12(14)7-5-9-13-8-3-4-11-16-13/h1-2,6-7,9-10,13,15H,3-4,8,11H2. The van der Waals surface area contributed by atoms with Gasteiger partial charge in [0.1, 0.15) is 5.75 Å². The lowest BCUT2D eigenvalue weighted by molar-refractivity contribution is 0.474. The van der Waals surface area contributed by atoms with E-state index in [1.54, 1.807) is 6.07 Å². The fourth-order valence-electron chi connectivity index (χ4n) is 1.75. The van der Waals surface area contributed by atoms with Crippen molar-refractivity contribution in [2.24, 2.45) is 0 Å². The summed E-state index contributed by atoms with van der Waals surface area (Å²) in [6.45, 7) is 0. The van der Waals surface area contributed by atoms with E-state index in [2.05, 4.69) is 11.8 Å². The second-order valence-corrected chi connectivity index (χ2v) is 5.29. The normalized spacial score (nSPS) is 19.9. The van der Waals surface area contributed by atoms with Gasteiger partial charge in [0, 0.05) is 10.8 Å². The molecule has 0 spiro atoms. The van der Waals surface area contributed by atoms with Crippen LogP contribution in [0.25, 0.3) is 6.08 Å². The number of aromatic hydroxyl groups is 1. The van der Waals surface area contributed by atoms with Crippen LogP contribution in [0.3, 0.4) is 0 Å². The number of hydrogen-bond acceptors (Lipinski definition) is 2. The minimum atomic E-state index is 0.319. The van der Waals surface area contributed by atoms with E-state index >= 15 is 0 Å². The second kappa shape index (κ2) is 5.83. The van der Waals surface area contributed by atoms with Gasteiger partial charge in [-0.3, -0.25) is 0 Å². The van der Waals surface area contributed by atoms with E-state index in [-0.39, 0.29) is 0 Å². The quantitative estimate of drug-likeness (QED) is 0.782. The Balaban J connectivity index is 2.02. The van der Waals surface area contributed by atoms with Crippen molar-refractivity contribution in [1.82, 2.24) is 0 Å². The third kappa shape index (κ3) is 3.19. The Morgan fingerprint density at radius 2 is 2.19 bits per heavy atom. The average Bonchev–Trinajstić information content (AvgIpc) is 2.33. The number of benzene rings is 1. The molecule has 16 heavy (non-hydrogen) atoms. The van der Waals surface area contributed by atoms with E-state index in [0.29, 0.717) is 11.0 Å². The first-order valence-electron chi connectivity index (χ1n) is 5.68. The summed E-state index contributed by atoms with van der Waals surface area (Å²) in [7, 11) is 0. The topological polar surface area (TPSA) is 20.2 Å². The SMILES string of the molecule is Oc1ccccc1C=C=CC1CCCCS1. The van der Waals surface area contributed by atoms with E-state index in [4.69, 9.17) is 0 Å². The van der Waals surface area contributed by atoms with Crippen molar-refractivity contribution in [3.63, 3.8) is 0 Å². The van der Waals surface area contributed by atoms with Crippen molar-refractivity contribution in [2.75, 3.05) is 5.75 Å². The third-order valence-electron chi connectivity index (χ3n) is 2.67. The van der Waals surface area contributed by atoms with Crippen molar-refractivity contribution < 1.29 is 5.11 Å². The molecule has 1 N–H and O–H groups in total. The number of rotatable bonds is 2. The summed E-state index contributed by atoms with van der Waals surface area (Å²) in [4.78, 5) is 0. The van der Waals surface area contributed by atoms with Gasteiger partial charge in [0.05, 0.1) is 0 Å². The average molecular weight is 232 g/mol. The molecule has 1 unspecified atom stereocenters. The van der Waals surface area contributed by atoms with Crippen molar-refractivity contribution >= 4 is 17.8 Å². The van der Waals surface area contributed by atoms with Gasteiger partial charge in [-0.15, -0.1) is 5.73 Å². The lowest BCUT2D eigenvalue weighted by atomic mass is 10.1. The Bertz CT molecular complexity index is 399. The lowest BCUT2D eigenvalue weighted by Gasteiger charge is -2.16. The molecule has 1 aliphatic heterocycles. The maximum Gasteiger partial charge on any atom is 0.123 e. The first-order valence-corrected chi connectivity index (χ1v) is 6.73. The summed E-state index contributed by atoms with van der Waals surface area (Å²) in [6.07, 6.45) is 7.90. The number of para-hydroxylation sites is 1. The third-order valence-corrected chi connectivity index (χ3v) is 4.00. The highest BCUT2D eigenvalue weighted by Gasteiger charge is 2.09. The molecular formula is C14H16OS. The molecule has 0 bridgehead atoms. The molecule has 1 heterocycles. The molecule has 1 atom stereocenters. The van der Waals surface area contributed by atoms with Crippen LogP contribution in [0, 0.1) is 0 Å². The summed E-state index contributed by atoms with van der Waals surface area (Å²) in [5.74, 6) is 1.58. The molecule has 84 valence electrons. The molecule has 1 fully saturated rings. The smallest absolute Gasteiger partial charge is 0.123 e. The van der Waals surface area contributed by atoms with Crippen LogP contribution in [-0.4, -0.2) is 16.1 Å². The van der Waals surface area contributed by atoms with Gasteiger partial charge in [-0.25, -0.2) is 0 Å². The van der Waals surface area contributed by atoms with Crippen LogP contribution in [0.1, 0.15) is 24.8 Å². The molecule has 0 amide bonds. The Kier molecular flexibility index (Phi) is 4.15. The van der Waals surface area contributed by atoms with Crippen molar-refractivity contribution in [2.45, 2.75) is 24.5 Å². The first kappa shape index (κ1) is 11.4. The monoisotopic (exact) mass is 232 g/mol. The molecule has 1 saturated heterocycles. The van der Waals surface area contributed by atoms with Crippen LogP contribution in [-0.2, 0) is 0 Å². The Morgan fingerprint density at radius 3 is 2.94 bits per heavy atom. The second-order valence-electron chi connectivity index (χ2n) is 3.94. The van der Waals surface area contributed by atoms with Crippen LogP contribution in [0.4, 0.5) is 0 Å². The highest BCUT2D eigenvalue weighted by atomic mass is 32.2. The predicted octanol–water partition coefficient (Wildman–Crippen LogP) is 3.85. The highest BCUT2D eigenvalue weighted by molar-refractivity contribution is 8.00. The zero-order valence-electron chi connectivity index (χ0n) is 9.23. The van der Waals surface area contributed by atoms with E-state index in [0.717, 1.165) is 5.56 Å². The Hall–Kier alpha value is -1.11. The van der Waals surface area contributed by atoms with Crippen molar-refractivity contribution in [1.29, 1.82) is 0 Å². The molecule has 2 rings (SSSR count). The van der Waals surface area contributed by atoms with E-state index < -0.39 is 0 Å². The van der Waals surface area contributed by atoms with E-state index in [1.165, 1.54) is 25.0 Å². The number of phenols is 1. The summed E-state index contributed by atoms with van der Waals surface area (Å²) in [5, 5.41) is 10.2. The molecule has 1 nitrogen and oxygen atoms in total. The van der Waals surface area contributed by atoms with Crippen molar-refractivity contribution in [3.05, 3.63) is 41.6 Å². The lowest BCUT2D eigenvalue weighted by Crippen LogP contribution is -2.05. The van der Waals surface area contributed by atoms with Gasteiger partial charge in [-0.1, -0.05) is 24.6 Å². The Labute approximate surface area is 101 Å². The summed E-state index contributed by atoms with van der Waals surface area (Å²) in [5.41, 5.74) is 4.01. The zero-order valence-corrected chi connectivity index (χ0v) is 10.0. The maximum atomic E-state index is 9.56. The van der Waals surface area contributed by atoms with E-state index in [1.807, 2.05) is 36.0 Å². The van der Waals surface area contributed by atoms with Crippen LogP contribution in [0.2, 0.25) is 0 Å².